The molecule has 0 unspecified atom stereocenters. The zero-order chi connectivity index (χ0) is 13.7. The monoisotopic (exact) mass is 293 g/mol. The van der Waals surface area contributed by atoms with Crippen molar-refractivity contribution >= 4 is 23.2 Å². The summed E-state index contributed by atoms with van der Waals surface area (Å²) in [6.45, 7) is 2.22. The quantitative estimate of drug-likeness (QED) is 0.773. The summed E-state index contributed by atoms with van der Waals surface area (Å²) in [6.07, 6.45) is 4.72. The minimum atomic E-state index is 0. The highest BCUT2D eigenvalue weighted by atomic mass is 35.5. The van der Waals surface area contributed by atoms with E-state index in [0.717, 1.165) is 17.6 Å². The molecule has 2 aromatic carbocycles. The molecular formula is C17H24ClNO. The standard InChI is InChI=1S/C17H23NO.ClH/c1-3-4-5-10-16(18)14-11-12-17(19-2)15-9-7-6-8-13(14)15;/h6-9,11-12,16H,3-5,10,18H2,1-2H3;1H/t16-;/m0./s1. The molecule has 2 aromatic rings. The van der Waals surface area contributed by atoms with E-state index >= 15 is 0 Å². The van der Waals surface area contributed by atoms with Gasteiger partial charge in [-0.1, -0.05) is 56.5 Å². The van der Waals surface area contributed by atoms with Crippen LogP contribution in [0, 0.1) is 0 Å². The molecule has 0 saturated carbocycles. The number of nitrogens with two attached hydrogens (primary N) is 1. The third-order valence-electron chi connectivity index (χ3n) is 3.66. The topological polar surface area (TPSA) is 35.2 Å². The van der Waals surface area contributed by atoms with Gasteiger partial charge < -0.3 is 10.5 Å². The predicted octanol–water partition coefficient (Wildman–Crippen LogP) is 4.85. The second-order valence-electron chi connectivity index (χ2n) is 5.00. The Labute approximate surface area is 127 Å². The van der Waals surface area contributed by atoms with E-state index in [1.54, 1.807) is 7.11 Å². The zero-order valence-corrected chi connectivity index (χ0v) is 13.1. The van der Waals surface area contributed by atoms with Crippen LogP contribution in [0.1, 0.15) is 44.2 Å². The number of unbranched alkanes of at least 4 members (excludes halogenated alkanes) is 2. The molecule has 0 bridgehead atoms. The number of halogens is 1. The van der Waals surface area contributed by atoms with Crippen molar-refractivity contribution in [2.24, 2.45) is 5.73 Å². The number of ether oxygens (including phenoxy) is 1. The minimum absolute atomic E-state index is 0. The predicted molar refractivity (Wildman–Crippen MR) is 88.8 cm³/mol. The van der Waals surface area contributed by atoms with Crippen LogP contribution in [0.4, 0.5) is 0 Å². The molecular weight excluding hydrogens is 270 g/mol. The van der Waals surface area contributed by atoms with Crippen molar-refractivity contribution < 1.29 is 4.74 Å². The normalized spacial score (nSPS) is 11.9. The lowest BCUT2D eigenvalue weighted by Crippen LogP contribution is -2.10. The maximum Gasteiger partial charge on any atom is 0.126 e. The summed E-state index contributed by atoms with van der Waals surface area (Å²) in [7, 11) is 1.71. The molecule has 0 heterocycles. The van der Waals surface area contributed by atoms with E-state index in [4.69, 9.17) is 10.5 Å². The summed E-state index contributed by atoms with van der Waals surface area (Å²) in [5, 5.41) is 2.36. The van der Waals surface area contributed by atoms with Crippen LogP contribution < -0.4 is 10.5 Å². The van der Waals surface area contributed by atoms with Crippen LogP contribution in [0.3, 0.4) is 0 Å². The SMILES string of the molecule is CCCCC[C@H](N)c1ccc(OC)c2ccccc12.Cl. The summed E-state index contributed by atoms with van der Waals surface area (Å²) in [6, 6.07) is 12.6. The van der Waals surface area contributed by atoms with Crippen molar-refractivity contribution in [3.63, 3.8) is 0 Å². The first-order valence-electron chi connectivity index (χ1n) is 7.09. The van der Waals surface area contributed by atoms with Gasteiger partial charge >= 0.3 is 0 Å². The molecule has 0 spiro atoms. The van der Waals surface area contributed by atoms with Crippen molar-refractivity contribution in [1.29, 1.82) is 0 Å². The summed E-state index contributed by atoms with van der Waals surface area (Å²) in [5.41, 5.74) is 7.58. The Kier molecular flexibility index (Phi) is 6.83. The molecule has 2 rings (SSSR count). The minimum Gasteiger partial charge on any atom is -0.496 e. The van der Waals surface area contributed by atoms with Crippen LogP contribution in [0.15, 0.2) is 36.4 Å². The van der Waals surface area contributed by atoms with Gasteiger partial charge in [0.2, 0.25) is 0 Å². The molecule has 0 saturated heterocycles. The smallest absolute Gasteiger partial charge is 0.126 e. The third kappa shape index (κ3) is 3.65. The molecule has 0 fully saturated rings. The maximum atomic E-state index is 6.35. The molecule has 0 radical (unpaired) electrons. The molecule has 3 heteroatoms. The Morgan fingerprint density at radius 3 is 2.40 bits per heavy atom. The molecule has 0 aliphatic carbocycles. The van der Waals surface area contributed by atoms with Gasteiger partial charge in [-0.3, -0.25) is 0 Å². The average Bonchev–Trinajstić information content (AvgIpc) is 2.46. The van der Waals surface area contributed by atoms with E-state index in [9.17, 15) is 0 Å². The summed E-state index contributed by atoms with van der Waals surface area (Å²) in [4.78, 5) is 0. The number of hydrogen-bond donors (Lipinski definition) is 1. The highest BCUT2D eigenvalue weighted by Gasteiger charge is 2.11. The highest BCUT2D eigenvalue weighted by Crippen LogP contribution is 2.32. The van der Waals surface area contributed by atoms with Gasteiger partial charge in [0.05, 0.1) is 7.11 Å². The van der Waals surface area contributed by atoms with Gasteiger partial charge in [0, 0.05) is 11.4 Å². The first-order chi connectivity index (χ1) is 9.27. The van der Waals surface area contributed by atoms with Crippen LogP contribution in [-0.2, 0) is 0 Å². The van der Waals surface area contributed by atoms with Gasteiger partial charge in [0.15, 0.2) is 0 Å². The molecule has 110 valence electrons. The van der Waals surface area contributed by atoms with Crippen LogP contribution in [0.25, 0.3) is 10.8 Å². The average molecular weight is 294 g/mol. The van der Waals surface area contributed by atoms with Crippen molar-refractivity contribution in [3.8, 4) is 5.75 Å². The second kappa shape index (κ2) is 8.13. The van der Waals surface area contributed by atoms with E-state index in [2.05, 4.69) is 31.2 Å². The van der Waals surface area contributed by atoms with Crippen LogP contribution in [-0.4, -0.2) is 7.11 Å². The van der Waals surface area contributed by atoms with E-state index in [1.165, 1.54) is 30.2 Å². The van der Waals surface area contributed by atoms with Gasteiger partial charge in [-0.2, -0.15) is 0 Å². The Morgan fingerprint density at radius 2 is 1.75 bits per heavy atom. The number of hydrogen-bond acceptors (Lipinski definition) is 2. The van der Waals surface area contributed by atoms with Gasteiger partial charge in [-0.25, -0.2) is 0 Å². The first-order valence-corrected chi connectivity index (χ1v) is 7.09. The summed E-state index contributed by atoms with van der Waals surface area (Å²) >= 11 is 0. The van der Waals surface area contributed by atoms with Gasteiger partial charge in [0.25, 0.3) is 0 Å². The van der Waals surface area contributed by atoms with E-state index in [-0.39, 0.29) is 18.4 Å². The fourth-order valence-corrected chi connectivity index (χ4v) is 2.57. The Morgan fingerprint density at radius 1 is 1.05 bits per heavy atom. The maximum absolute atomic E-state index is 6.35. The van der Waals surface area contributed by atoms with Crippen molar-refractivity contribution in [1.82, 2.24) is 0 Å². The Bertz CT molecular complexity index is 542. The number of methoxy groups -OCH3 is 1. The Hall–Kier alpha value is -1.25. The van der Waals surface area contributed by atoms with Crippen molar-refractivity contribution in [2.75, 3.05) is 7.11 Å². The lowest BCUT2D eigenvalue weighted by molar-refractivity contribution is 0.419. The largest absolute Gasteiger partial charge is 0.496 e. The zero-order valence-electron chi connectivity index (χ0n) is 12.3. The molecule has 1 atom stereocenters. The molecule has 2 N–H and O–H groups in total. The van der Waals surface area contributed by atoms with Crippen LogP contribution in [0.5, 0.6) is 5.75 Å². The first kappa shape index (κ1) is 16.8. The lowest BCUT2D eigenvalue weighted by Gasteiger charge is -2.16. The van der Waals surface area contributed by atoms with E-state index < -0.39 is 0 Å². The van der Waals surface area contributed by atoms with Gasteiger partial charge in [-0.05, 0) is 23.4 Å². The molecule has 20 heavy (non-hydrogen) atoms. The fraction of sp³-hybridized carbons (Fsp3) is 0.412. The van der Waals surface area contributed by atoms with Gasteiger partial charge in [0.1, 0.15) is 5.75 Å². The van der Waals surface area contributed by atoms with E-state index in [1.807, 2.05) is 12.1 Å². The molecule has 0 amide bonds. The molecule has 2 nitrogen and oxygen atoms in total. The van der Waals surface area contributed by atoms with Crippen molar-refractivity contribution in [3.05, 3.63) is 42.0 Å². The van der Waals surface area contributed by atoms with Gasteiger partial charge in [-0.15, -0.1) is 12.4 Å². The summed E-state index contributed by atoms with van der Waals surface area (Å²) < 4.78 is 5.42. The fourth-order valence-electron chi connectivity index (χ4n) is 2.57. The number of rotatable bonds is 6. The number of fused-ring (bicyclic) bond motifs is 1. The lowest BCUT2D eigenvalue weighted by atomic mass is 9.95. The molecule has 0 aliphatic rings. The molecule has 0 aliphatic heterocycles. The highest BCUT2D eigenvalue weighted by molar-refractivity contribution is 5.91. The van der Waals surface area contributed by atoms with Crippen LogP contribution in [0.2, 0.25) is 0 Å². The van der Waals surface area contributed by atoms with Crippen molar-refractivity contribution in [2.45, 2.75) is 38.6 Å². The summed E-state index contributed by atoms with van der Waals surface area (Å²) in [5.74, 6) is 0.917. The second-order valence-corrected chi connectivity index (χ2v) is 5.00. The number of benzene rings is 2. The van der Waals surface area contributed by atoms with E-state index in [0.29, 0.717) is 0 Å². The van der Waals surface area contributed by atoms with Crippen LogP contribution >= 0.6 is 12.4 Å². The third-order valence-corrected chi connectivity index (χ3v) is 3.66. The Balaban J connectivity index is 0.00000200. The molecule has 0 aromatic heterocycles.